The lowest BCUT2D eigenvalue weighted by molar-refractivity contribution is 0.471. The molecule has 0 radical (unpaired) electrons. The first-order valence-electron chi connectivity index (χ1n) is 8.04. The van der Waals surface area contributed by atoms with Gasteiger partial charge < -0.3 is 0 Å². The van der Waals surface area contributed by atoms with Crippen LogP contribution in [0.1, 0.15) is 5.56 Å². The van der Waals surface area contributed by atoms with Gasteiger partial charge in [0.25, 0.3) is 0 Å². The van der Waals surface area contributed by atoms with Crippen molar-refractivity contribution in [3.05, 3.63) is 54.1 Å². The summed E-state index contributed by atoms with van der Waals surface area (Å²) in [6, 6.07) is 6.98. The molecule has 128 valence electrons. The molecule has 0 aromatic heterocycles. The van der Waals surface area contributed by atoms with Crippen molar-refractivity contribution >= 4 is 18.1 Å². The molecule has 1 aromatic rings. The van der Waals surface area contributed by atoms with Crippen LogP contribution in [0.3, 0.4) is 0 Å². The highest BCUT2D eigenvalue weighted by Crippen LogP contribution is 2.28. The number of sulfonamides is 1. The van der Waals surface area contributed by atoms with Gasteiger partial charge in [0.05, 0.1) is 4.90 Å². The number of nitrogens with zero attached hydrogens (tertiary/aromatic N) is 1. The summed E-state index contributed by atoms with van der Waals surface area (Å²) in [4.78, 5) is 0.338. The molecule has 24 heavy (non-hydrogen) atoms. The number of hydrogen-bond donors (Lipinski definition) is 0. The molecule has 0 N–H and O–H groups in total. The molecule has 0 spiro atoms. The van der Waals surface area contributed by atoms with Gasteiger partial charge in [0.1, 0.15) is 8.07 Å². The highest BCUT2D eigenvalue weighted by Gasteiger charge is 2.34. The molecule has 0 aliphatic carbocycles. The van der Waals surface area contributed by atoms with Gasteiger partial charge >= 0.3 is 0 Å². The third-order valence-corrected chi connectivity index (χ3v) is 6.60. The number of allylic oxidation sites excluding steroid dienone is 1. The fourth-order valence-corrected chi connectivity index (χ4v) is 4.45. The van der Waals surface area contributed by atoms with Crippen molar-refractivity contribution in [1.29, 1.82) is 0 Å². The third kappa shape index (κ3) is 4.47. The lowest BCUT2D eigenvalue weighted by Gasteiger charge is -2.15. The average molecular weight is 360 g/mol. The molecule has 0 saturated carbocycles. The second-order valence-corrected chi connectivity index (χ2v) is 13.9. The summed E-state index contributed by atoms with van der Waals surface area (Å²) in [5.74, 6) is 3.16. The molecule has 1 unspecified atom stereocenters. The van der Waals surface area contributed by atoms with Gasteiger partial charge in [-0.05, 0) is 30.7 Å². The maximum absolute atomic E-state index is 12.8. The normalized spacial score (nSPS) is 20.7. The van der Waals surface area contributed by atoms with E-state index in [0.29, 0.717) is 18.0 Å². The van der Waals surface area contributed by atoms with Crippen molar-refractivity contribution in [3.8, 4) is 11.5 Å². The Morgan fingerprint density at radius 2 is 1.88 bits per heavy atom. The van der Waals surface area contributed by atoms with Crippen molar-refractivity contribution in [1.82, 2.24) is 4.31 Å². The molecule has 3 nitrogen and oxygen atoms in total. The van der Waals surface area contributed by atoms with E-state index >= 15 is 0 Å². The quantitative estimate of drug-likeness (QED) is 0.470. The van der Waals surface area contributed by atoms with Crippen molar-refractivity contribution in [2.45, 2.75) is 31.5 Å². The summed E-state index contributed by atoms with van der Waals surface area (Å²) in [6.45, 7) is 13.2. The fourth-order valence-electron chi connectivity index (χ4n) is 2.49. The fraction of sp³-hybridized carbons (Fsp3) is 0.368. The van der Waals surface area contributed by atoms with E-state index in [4.69, 9.17) is 0 Å². The van der Waals surface area contributed by atoms with E-state index in [-0.39, 0.29) is 5.92 Å². The SMILES string of the molecule is C=CC1CN(S(=O)(=O)c2ccc(C)cc2)C/C1=C/C#C[Si](C)(C)C. The van der Waals surface area contributed by atoms with Crippen molar-refractivity contribution in [2.75, 3.05) is 13.1 Å². The Balaban J connectivity index is 2.27. The Labute approximate surface area is 147 Å². The standard InChI is InChI=1S/C19H25NO2SSi/c1-6-17-14-20(15-18(17)8-7-13-24(3,4)5)23(21,22)19-11-9-16(2)10-12-19/h6,8-12,17H,1,14-15H2,2-5H3/b18-8-. The van der Waals surface area contributed by atoms with Gasteiger partial charge in [0.15, 0.2) is 0 Å². The molecule has 0 bridgehead atoms. The van der Waals surface area contributed by atoms with Gasteiger partial charge in [0, 0.05) is 19.0 Å². The zero-order valence-electron chi connectivity index (χ0n) is 14.8. The Morgan fingerprint density at radius 3 is 2.42 bits per heavy atom. The lowest BCUT2D eigenvalue weighted by Crippen LogP contribution is -2.28. The van der Waals surface area contributed by atoms with E-state index in [9.17, 15) is 8.42 Å². The van der Waals surface area contributed by atoms with E-state index in [1.165, 1.54) is 4.31 Å². The highest BCUT2D eigenvalue weighted by atomic mass is 32.2. The van der Waals surface area contributed by atoms with Crippen molar-refractivity contribution in [2.24, 2.45) is 5.92 Å². The zero-order chi connectivity index (χ0) is 18.0. The Bertz CT molecular complexity index is 806. The third-order valence-electron chi connectivity index (χ3n) is 3.88. The molecule has 1 aliphatic heterocycles. The summed E-state index contributed by atoms with van der Waals surface area (Å²) in [5, 5.41) is 0. The van der Waals surface area contributed by atoms with Crippen molar-refractivity contribution < 1.29 is 8.42 Å². The van der Waals surface area contributed by atoms with Gasteiger partial charge in [-0.3, -0.25) is 0 Å². The number of aryl methyl sites for hydroxylation is 1. The van der Waals surface area contributed by atoms with Crippen LogP contribution in [0.2, 0.25) is 19.6 Å². The predicted molar refractivity (Wildman–Crippen MR) is 103 cm³/mol. The monoisotopic (exact) mass is 359 g/mol. The van der Waals surface area contributed by atoms with Crippen LogP contribution in [0.5, 0.6) is 0 Å². The topological polar surface area (TPSA) is 37.4 Å². The lowest BCUT2D eigenvalue weighted by atomic mass is 10.0. The summed E-state index contributed by atoms with van der Waals surface area (Å²) in [5.41, 5.74) is 5.36. The molecule has 1 aliphatic rings. The van der Waals surface area contributed by atoms with E-state index in [1.807, 2.05) is 31.2 Å². The second kappa shape index (κ2) is 7.10. The van der Waals surface area contributed by atoms with Crippen LogP contribution in [0.25, 0.3) is 0 Å². The van der Waals surface area contributed by atoms with Gasteiger partial charge in [-0.15, -0.1) is 12.1 Å². The second-order valence-electron chi connectivity index (χ2n) is 7.19. The van der Waals surface area contributed by atoms with E-state index in [1.54, 1.807) is 12.1 Å². The predicted octanol–water partition coefficient (Wildman–Crippen LogP) is 3.61. The minimum Gasteiger partial charge on any atom is -0.207 e. The largest absolute Gasteiger partial charge is 0.243 e. The van der Waals surface area contributed by atoms with Gasteiger partial charge in [-0.1, -0.05) is 49.3 Å². The molecule has 0 amide bonds. The minimum absolute atomic E-state index is 0.0289. The van der Waals surface area contributed by atoms with Gasteiger partial charge in [-0.25, -0.2) is 8.42 Å². The molecule has 1 heterocycles. The summed E-state index contributed by atoms with van der Waals surface area (Å²) < 4.78 is 27.2. The highest BCUT2D eigenvalue weighted by molar-refractivity contribution is 7.89. The minimum atomic E-state index is -3.48. The number of hydrogen-bond acceptors (Lipinski definition) is 2. The molecule has 1 fully saturated rings. The maximum Gasteiger partial charge on any atom is 0.243 e. The molecular weight excluding hydrogens is 334 g/mol. The van der Waals surface area contributed by atoms with Crippen LogP contribution >= 0.6 is 0 Å². The average Bonchev–Trinajstić information content (AvgIpc) is 2.90. The Hall–Kier alpha value is -1.61. The Kier molecular flexibility index (Phi) is 5.54. The van der Waals surface area contributed by atoms with Crippen LogP contribution in [0, 0.1) is 24.3 Å². The summed E-state index contributed by atoms with van der Waals surface area (Å²) in [6.07, 6.45) is 3.70. The zero-order valence-corrected chi connectivity index (χ0v) is 16.7. The van der Waals surface area contributed by atoms with Gasteiger partial charge in [-0.2, -0.15) is 4.31 Å². The molecular formula is C19H25NO2SSi. The first kappa shape index (κ1) is 18.7. The van der Waals surface area contributed by atoms with Crippen LogP contribution in [0.4, 0.5) is 0 Å². The maximum atomic E-state index is 12.8. The summed E-state index contributed by atoms with van der Waals surface area (Å²) >= 11 is 0. The van der Waals surface area contributed by atoms with Crippen molar-refractivity contribution in [3.63, 3.8) is 0 Å². The van der Waals surface area contributed by atoms with Crippen LogP contribution in [-0.4, -0.2) is 33.9 Å². The van der Waals surface area contributed by atoms with E-state index in [0.717, 1.165) is 11.1 Å². The molecule has 2 rings (SSSR count). The number of rotatable bonds is 3. The summed E-state index contributed by atoms with van der Waals surface area (Å²) in [7, 11) is -4.92. The van der Waals surface area contributed by atoms with E-state index in [2.05, 4.69) is 37.7 Å². The first-order chi connectivity index (χ1) is 11.1. The van der Waals surface area contributed by atoms with E-state index < -0.39 is 18.1 Å². The first-order valence-corrected chi connectivity index (χ1v) is 13.0. The number of benzene rings is 1. The van der Waals surface area contributed by atoms with Crippen LogP contribution < -0.4 is 0 Å². The molecule has 1 atom stereocenters. The molecule has 1 saturated heterocycles. The van der Waals surface area contributed by atoms with Crippen LogP contribution in [-0.2, 0) is 10.0 Å². The molecule has 5 heteroatoms. The Morgan fingerprint density at radius 1 is 1.25 bits per heavy atom. The molecule has 1 aromatic carbocycles. The smallest absolute Gasteiger partial charge is 0.207 e. The van der Waals surface area contributed by atoms with Crippen LogP contribution in [0.15, 0.2) is 53.5 Å². The van der Waals surface area contributed by atoms with Gasteiger partial charge in [0.2, 0.25) is 10.0 Å².